The van der Waals surface area contributed by atoms with E-state index in [2.05, 4.69) is 0 Å². The predicted octanol–water partition coefficient (Wildman–Crippen LogP) is 0.397. The lowest BCUT2D eigenvalue weighted by Gasteiger charge is -2.12. The van der Waals surface area contributed by atoms with E-state index in [0.29, 0.717) is 16.3 Å². The van der Waals surface area contributed by atoms with E-state index in [9.17, 15) is 10.0 Å². The van der Waals surface area contributed by atoms with Crippen molar-refractivity contribution in [2.75, 3.05) is 5.06 Å². The number of aliphatic hydroxyl groups excluding tert-OH is 1. The Balaban J connectivity index is 2.59. The Hall–Kier alpha value is -1.39. The van der Waals surface area contributed by atoms with Gasteiger partial charge in [0, 0.05) is 5.56 Å². The van der Waals surface area contributed by atoms with Crippen LogP contribution in [0.25, 0.3) is 0 Å². The molecule has 0 saturated carbocycles. The number of hydrogen-bond donors (Lipinski definition) is 2. The van der Waals surface area contributed by atoms with Crippen molar-refractivity contribution in [2.24, 2.45) is 0 Å². The number of ketones is 1. The Morgan fingerprint density at radius 3 is 2.67 bits per heavy atom. The van der Waals surface area contributed by atoms with Crippen LogP contribution in [0.3, 0.4) is 0 Å². The van der Waals surface area contributed by atoms with Gasteiger partial charge in [-0.2, -0.15) is 0 Å². The van der Waals surface area contributed by atoms with Gasteiger partial charge in [-0.1, -0.05) is 12.1 Å². The second-order valence-corrected chi connectivity index (χ2v) is 2.60. The van der Waals surface area contributed by atoms with Crippen LogP contribution in [0.2, 0.25) is 0 Å². The number of fused-ring (bicyclic) bond motifs is 1. The quantitative estimate of drug-likeness (QED) is 0.584. The fraction of sp³-hybridized carbons (Fsp3) is 0.125. The summed E-state index contributed by atoms with van der Waals surface area (Å²) in [6.45, 7) is 0. The molecule has 1 heterocycles. The fourth-order valence-corrected chi connectivity index (χ4v) is 1.26. The molecule has 4 nitrogen and oxygen atoms in total. The minimum Gasteiger partial charge on any atom is -0.365 e. The molecule has 62 valence electrons. The van der Waals surface area contributed by atoms with Crippen LogP contribution in [-0.4, -0.2) is 22.3 Å². The van der Waals surface area contributed by atoms with E-state index in [4.69, 9.17) is 5.11 Å². The maximum atomic E-state index is 11.2. The number of rotatable bonds is 0. The molecule has 4 heteroatoms. The zero-order chi connectivity index (χ0) is 8.72. The Kier molecular flexibility index (Phi) is 1.39. The van der Waals surface area contributed by atoms with Gasteiger partial charge in [0.05, 0.1) is 5.69 Å². The number of benzene rings is 1. The smallest absolute Gasteiger partial charge is 0.216 e. The van der Waals surface area contributed by atoms with Crippen molar-refractivity contribution in [3.05, 3.63) is 29.8 Å². The van der Waals surface area contributed by atoms with Crippen molar-refractivity contribution < 1.29 is 15.1 Å². The molecule has 0 saturated heterocycles. The number of para-hydroxylation sites is 1. The topological polar surface area (TPSA) is 60.8 Å². The lowest BCUT2D eigenvalue weighted by Crippen LogP contribution is -2.31. The van der Waals surface area contributed by atoms with Gasteiger partial charge < -0.3 is 5.11 Å². The van der Waals surface area contributed by atoms with Gasteiger partial charge in [-0.25, -0.2) is 5.06 Å². The number of hydrogen-bond acceptors (Lipinski definition) is 4. The van der Waals surface area contributed by atoms with Crippen molar-refractivity contribution in [3.63, 3.8) is 0 Å². The maximum absolute atomic E-state index is 11.2. The standard InChI is InChI=1S/C8H7NO3/c10-7-5-3-1-2-4-6(5)9(12)8(7)11/h1-4,8,11-12H. The molecule has 1 atom stereocenters. The van der Waals surface area contributed by atoms with Crippen molar-refractivity contribution in [2.45, 2.75) is 6.23 Å². The van der Waals surface area contributed by atoms with Crippen molar-refractivity contribution in [3.8, 4) is 0 Å². The molecule has 0 spiro atoms. The number of anilines is 1. The van der Waals surface area contributed by atoms with E-state index in [-0.39, 0.29) is 0 Å². The summed E-state index contributed by atoms with van der Waals surface area (Å²) in [6, 6.07) is 6.51. The first-order valence-corrected chi connectivity index (χ1v) is 3.51. The first-order chi connectivity index (χ1) is 5.72. The molecule has 0 bridgehead atoms. The van der Waals surface area contributed by atoms with Crippen molar-refractivity contribution >= 4 is 11.5 Å². The van der Waals surface area contributed by atoms with Gasteiger partial charge in [0.2, 0.25) is 12.0 Å². The third kappa shape index (κ3) is 0.760. The third-order valence-corrected chi connectivity index (χ3v) is 1.88. The summed E-state index contributed by atoms with van der Waals surface area (Å²) < 4.78 is 0. The van der Waals surface area contributed by atoms with Crippen LogP contribution >= 0.6 is 0 Å². The van der Waals surface area contributed by atoms with Gasteiger partial charge in [0.25, 0.3) is 0 Å². The first-order valence-electron chi connectivity index (χ1n) is 3.51. The van der Waals surface area contributed by atoms with Gasteiger partial charge in [-0.05, 0) is 12.1 Å². The maximum Gasteiger partial charge on any atom is 0.216 e. The summed E-state index contributed by atoms with van der Waals surface area (Å²) in [6.07, 6.45) is -1.44. The predicted molar refractivity (Wildman–Crippen MR) is 41.0 cm³/mol. The van der Waals surface area contributed by atoms with Crippen LogP contribution in [-0.2, 0) is 0 Å². The van der Waals surface area contributed by atoms with Crippen molar-refractivity contribution in [1.29, 1.82) is 0 Å². The highest BCUT2D eigenvalue weighted by Gasteiger charge is 2.34. The van der Waals surface area contributed by atoms with E-state index in [1.165, 1.54) is 0 Å². The summed E-state index contributed by atoms with van der Waals surface area (Å²) in [5.41, 5.74) is 0.711. The second-order valence-electron chi connectivity index (χ2n) is 2.60. The Morgan fingerprint density at radius 1 is 1.33 bits per heavy atom. The largest absolute Gasteiger partial charge is 0.365 e. The SMILES string of the molecule is O=C1c2ccccc2N(O)C1O. The average Bonchev–Trinajstić information content (AvgIpc) is 2.33. The summed E-state index contributed by atoms with van der Waals surface area (Å²) in [7, 11) is 0. The van der Waals surface area contributed by atoms with Crippen LogP contribution in [0.4, 0.5) is 5.69 Å². The highest BCUT2D eigenvalue weighted by atomic mass is 16.5. The van der Waals surface area contributed by atoms with E-state index < -0.39 is 12.0 Å². The van der Waals surface area contributed by atoms with Gasteiger partial charge in [-0.3, -0.25) is 10.0 Å². The molecule has 1 unspecified atom stereocenters. The van der Waals surface area contributed by atoms with E-state index in [0.717, 1.165) is 0 Å². The summed E-state index contributed by atoms with van der Waals surface area (Å²) in [4.78, 5) is 11.2. The first kappa shape index (κ1) is 7.27. The van der Waals surface area contributed by atoms with Crippen LogP contribution < -0.4 is 5.06 Å². The number of carbonyl (C=O) groups is 1. The molecule has 2 N–H and O–H groups in total. The molecule has 1 aromatic rings. The van der Waals surface area contributed by atoms with Gasteiger partial charge in [0.15, 0.2) is 0 Å². The number of nitrogens with zero attached hydrogens (tertiary/aromatic N) is 1. The molecule has 12 heavy (non-hydrogen) atoms. The zero-order valence-corrected chi connectivity index (χ0v) is 6.14. The lowest BCUT2D eigenvalue weighted by molar-refractivity contribution is 0.0539. The molecule has 0 aromatic heterocycles. The van der Waals surface area contributed by atoms with Crippen LogP contribution in [0, 0.1) is 0 Å². The second kappa shape index (κ2) is 2.30. The molecular formula is C8H7NO3. The minimum atomic E-state index is -1.44. The molecule has 0 aliphatic carbocycles. The fourth-order valence-electron chi connectivity index (χ4n) is 1.26. The molecular weight excluding hydrogens is 158 g/mol. The van der Waals surface area contributed by atoms with E-state index >= 15 is 0 Å². The average molecular weight is 165 g/mol. The van der Waals surface area contributed by atoms with E-state index in [1.807, 2.05) is 0 Å². The minimum absolute atomic E-state index is 0.354. The highest BCUT2D eigenvalue weighted by Crippen LogP contribution is 2.28. The molecule has 1 aromatic carbocycles. The molecule has 1 aliphatic rings. The monoisotopic (exact) mass is 165 g/mol. The van der Waals surface area contributed by atoms with Gasteiger partial charge >= 0.3 is 0 Å². The van der Waals surface area contributed by atoms with Gasteiger partial charge in [0.1, 0.15) is 0 Å². The number of carbonyl (C=O) groups excluding carboxylic acids is 1. The number of hydroxylamine groups is 1. The Morgan fingerprint density at radius 2 is 2.00 bits per heavy atom. The van der Waals surface area contributed by atoms with Gasteiger partial charge in [-0.15, -0.1) is 0 Å². The highest BCUT2D eigenvalue weighted by molar-refractivity contribution is 6.09. The Labute approximate surface area is 68.6 Å². The van der Waals surface area contributed by atoms with Crippen LogP contribution in [0.5, 0.6) is 0 Å². The van der Waals surface area contributed by atoms with Crippen LogP contribution in [0.1, 0.15) is 10.4 Å². The molecule has 1 aliphatic heterocycles. The number of Topliss-reactive ketones (excluding diaryl/α,β-unsaturated/α-hetero) is 1. The summed E-state index contributed by atoms with van der Waals surface area (Å²) in [5, 5.41) is 18.9. The van der Waals surface area contributed by atoms with E-state index in [1.54, 1.807) is 24.3 Å². The summed E-state index contributed by atoms with van der Waals surface area (Å²) in [5.74, 6) is -0.465. The molecule has 0 fully saturated rings. The lowest BCUT2D eigenvalue weighted by atomic mass is 10.1. The Bertz CT molecular complexity index is 337. The molecule has 0 amide bonds. The number of aliphatic hydroxyl groups is 1. The van der Waals surface area contributed by atoms with Crippen LogP contribution in [0.15, 0.2) is 24.3 Å². The van der Waals surface area contributed by atoms with Crippen molar-refractivity contribution in [1.82, 2.24) is 0 Å². The summed E-state index contributed by atoms with van der Waals surface area (Å²) >= 11 is 0. The normalized spacial score (nSPS) is 21.3. The third-order valence-electron chi connectivity index (χ3n) is 1.88. The molecule has 2 rings (SSSR count). The molecule has 0 radical (unpaired) electrons. The zero-order valence-electron chi connectivity index (χ0n) is 6.14.